The van der Waals surface area contributed by atoms with E-state index in [0.717, 1.165) is 0 Å². The molecule has 0 unspecified atom stereocenters. The largest absolute Gasteiger partial charge is 0.368 e. The van der Waals surface area contributed by atoms with E-state index in [1.54, 1.807) is 18.2 Å². The monoisotopic (exact) mass is 300 g/mol. The maximum absolute atomic E-state index is 10.5. The summed E-state index contributed by atoms with van der Waals surface area (Å²) in [4.78, 5) is 27.7. The van der Waals surface area contributed by atoms with Gasteiger partial charge in [0.1, 0.15) is 0 Å². The Bertz CT molecular complexity index is 538. The molecular weight excluding hydrogens is 283 g/mol. The van der Waals surface area contributed by atoms with Gasteiger partial charge in [0.2, 0.25) is 17.8 Å². The van der Waals surface area contributed by atoms with Crippen LogP contribution in [0.3, 0.4) is 0 Å². The molecule has 0 aliphatic heterocycles. The van der Waals surface area contributed by atoms with Crippen LogP contribution in [-0.2, 0) is 4.57 Å². The molecule has 110 valence electrons. The second-order valence-electron chi connectivity index (χ2n) is 3.29. The fourth-order valence-corrected chi connectivity index (χ4v) is 1.61. The molecule has 0 fully saturated rings. The summed E-state index contributed by atoms with van der Waals surface area (Å²) >= 11 is 0. The lowest BCUT2D eigenvalue weighted by Gasteiger charge is -2.00. The molecule has 10 heteroatoms. The van der Waals surface area contributed by atoms with Gasteiger partial charge in [-0.25, -0.2) is 0 Å². The smallest absolute Gasteiger partial charge is 0.356 e. The van der Waals surface area contributed by atoms with Crippen molar-refractivity contribution in [3.8, 4) is 0 Å². The minimum atomic E-state index is -4.02. The van der Waals surface area contributed by atoms with E-state index in [2.05, 4.69) is 15.0 Å². The van der Waals surface area contributed by atoms with Gasteiger partial charge in [-0.1, -0.05) is 25.6 Å². The zero-order chi connectivity index (χ0) is 14.5. The van der Waals surface area contributed by atoms with Crippen LogP contribution in [0.1, 0.15) is 7.43 Å². The third-order valence-corrected chi connectivity index (χ3v) is 2.75. The van der Waals surface area contributed by atoms with Gasteiger partial charge in [-0.15, -0.1) is 0 Å². The van der Waals surface area contributed by atoms with E-state index in [1.165, 1.54) is 12.1 Å². The van der Waals surface area contributed by atoms with Crippen LogP contribution < -0.4 is 22.5 Å². The van der Waals surface area contributed by atoms with Crippen LogP contribution in [-0.4, -0.2) is 24.7 Å². The van der Waals surface area contributed by atoms with Crippen molar-refractivity contribution in [3.63, 3.8) is 0 Å². The van der Waals surface area contributed by atoms with E-state index in [1.807, 2.05) is 0 Å². The SMILES string of the molecule is C.Nc1nc(N)nc(N)n1.O=P(O)(O)c1ccccc1. The Morgan fingerprint density at radius 2 is 1.20 bits per heavy atom. The van der Waals surface area contributed by atoms with E-state index in [-0.39, 0.29) is 30.6 Å². The summed E-state index contributed by atoms with van der Waals surface area (Å²) in [7, 11) is -4.02. The van der Waals surface area contributed by atoms with E-state index in [0.29, 0.717) is 0 Å². The van der Waals surface area contributed by atoms with Crippen molar-refractivity contribution in [1.82, 2.24) is 15.0 Å². The quantitative estimate of drug-likeness (QED) is 0.444. The summed E-state index contributed by atoms with van der Waals surface area (Å²) in [5.74, 6) is 0.125. The van der Waals surface area contributed by atoms with Gasteiger partial charge in [0.25, 0.3) is 0 Å². The standard InChI is InChI=1S/C6H7O3P.C3H6N6.CH4/c7-10(8,9)6-4-2-1-3-5-6;4-1-7-2(5)9-3(6)8-1;/h1-5H,(H2,7,8,9);(H6,4,5,6,7,8,9);1H4. The third kappa shape index (κ3) is 6.10. The Morgan fingerprint density at radius 3 is 1.45 bits per heavy atom. The van der Waals surface area contributed by atoms with E-state index < -0.39 is 7.60 Å². The number of nitrogens with two attached hydrogens (primary N) is 3. The summed E-state index contributed by atoms with van der Waals surface area (Å²) in [6.07, 6.45) is 0. The lowest BCUT2D eigenvalue weighted by Crippen LogP contribution is -2.05. The zero-order valence-corrected chi connectivity index (χ0v) is 10.6. The maximum atomic E-state index is 10.5. The van der Waals surface area contributed by atoms with E-state index in [9.17, 15) is 4.57 Å². The normalized spacial score (nSPS) is 9.90. The second kappa shape index (κ2) is 7.39. The Hall–Kier alpha value is -2.22. The number of rotatable bonds is 1. The van der Waals surface area contributed by atoms with Gasteiger partial charge in [-0.3, -0.25) is 4.57 Å². The Balaban J connectivity index is 0.000000345. The lowest BCUT2D eigenvalue weighted by atomic mass is 10.4. The predicted octanol–water partition coefficient (Wildman–Crippen LogP) is -0.256. The van der Waals surface area contributed by atoms with Gasteiger partial charge in [0, 0.05) is 0 Å². The summed E-state index contributed by atoms with van der Waals surface area (Å²) in [6, 6.07) is 7.70. The first-order chi connectivity index (χ1) is 8.79. The molecular formula is C10H17N6O3P. The summed E-state index contributed by atoms with van der Waals surface area (Å²) in [6.45, 7) is 0. The molecule has 8 N–H and O–H groups in total. The van der Waals surface area contributed by atoms with Crippen molar-refractivity contribution >= 4 is 30.7 Å². The lowest BCUT2D eigenvalue weighted by molar-refractivity contribution is 0.387. The number of anilines is 3. The highest BCUT2D eigenvalue weighted by Gasteiger charge is 2.14. The number of hydrogen-bond donors (Lipinski definition) is 5. The molecule has 1 aromatic heterocycles. The fraction of sp³-hybridized carbons (Fsp3) is 0.100. The van der Waals surface area contributed by atoms with Crippen molar-refractivity contribution in [2.24, 2.45) is 0 Å². The van der Waals surface area contributed by atoms with Gasteiger partial charge < -0.3 is 27.0 Å². The van der Waals surface area contributed by atoms with Gasteiger partial charge in [-0.2, -0.15) is 15.0 Å². The highest BCUT2D eigenvalue weighted by molar-refractivity contribution is 7.60. The van der Waals surface area contributed by atoms with Gasteiger partial charge in [0.05, 0.1) is 5.30 Å². The van der Waals surface area contributed by atoms with Crippen molar-refractivity contribution in [2.75, 3.05) is 17.2 Å². The molecule has 0 saturated carbocycles. The van der Waals surface area contributed by atoms with Crippen LogP contribution in [0, 0.1) is 0 Å². The second-order valence-corrected chi connectivity index (χ2v) is 4.89. The van der Waals surface area contributed by atoms with Crippen LogP contribution in [0.5, 0.6) is 0 Å². The fourth-order valence-electron chi connectivity index (χ4n) is 1.05. The van der Waals surface area contributed by atoms with Crippen molar-refractivity contribution < 1.29 is 14.4 Å². The molecule has 0 aliphatic carbocycles. The topological polar surface area (TPSA) is 174 Å². The first-order valence-corrected chi connectivity index (χ1v) is 6.54. The summed E-state index contributed by atoms with van der Waals surface area (Å²) < 4.78 is 10.5. The van der Waals surface area contributed by atoms with Crippen LogP contribution in [0.25, 0.3) is 0 Å². The number of benzene rings is 1. The average Bonchev–Trinajstić information content (AvgIpc) is 2.28. The first kappa shape index (κ1) is 17.8. The van der Waals surface area contributed by atoms with Crippen LogP contribution in [0.2, 0.25) is 0 Å². The highest BCUT2D eigenvalue weighted by atomic mass is 31.2. The molecule has 0 aliphatic rings. The Kier molecular flexibility index (Phi) is 6.57. The molecule has 1 heterocycles. The van der Waals surface area contributed by atoms with Gasteiger partial charge in [-0.05, 0) is 12.1 Å². The van der Waals surface area contributed by atoms with Crippen molar-refractivity contribution in [3.05, 3.63) is 30.3 Å². The summed E-state index contributed by atoms with van der Waals surface area (Å²) in [5, 5.41) is 0.0648. The minimum Gasteiger partial charge on any atom is -0.368 e. The molecule has 1 aromatic carbocycles. The van der Waals surface area contributed by atoms with Crippen LogP contribution in [0.4, 0.5) is 17.8 Å². The maximum Gasteiger partial charge on any atom is 0.356 e. The summed E-state index contributed by atoms with van der Waals surface area (Å²) in [5.41, 5.74) is 15.4. The van der Waals surface area contributed by atoms with E-state index in [4.69, 9.17) is 27.0 Å². The van der Waals surface area contributed by atoms with Crippen LogP contribution >= 0.6 is 7.60 Å². The molecule has 20 heavy (non-hydrogen) atoms. The molecule has 2 rings (SSSR count). The molecule has 0 bridgehead atoms. The number of nitrogen functional groups attached to an aromatic ring is 3. The molecule has 0 amide bonds. The minimum absolute atomic E-state index is 0. The Labute approximate surface area is 116 Å². The zero-order valence-electron chi connectivity index (χ0n) is 9.71. The first-order valence-electron chi connectivity index (χ1n) is 4.92. The highest BCUT2D eigenvalue weighted by Crippen LogP contribution is 2.32. The number of nitrogens with zero attached hydrogens (tertiary/aromatic N) is 3. The third-order valence-electron chi connectivity index (χ3n) is 1.78. The molecule has 0 spiro atoms. The van der Waals surface area contributed by atoms with Gasteiger partial charge in [0.15, 0.2) is 0 Å². The van der Waals surface area contributed by atoms with Gasteiger partial charge >= 0.3 is 7.60 Å². The number of hydrogen-bond acceptors (Lipinski definition) is 7. The predicted molar refractivity (Wildman–Crippen MR) is 77.9 cm³/mol. The molecule has 0 saturated heterocycles. The van der Waals surface area contributed by atoms with E-state index >= 15 is 0 Å². The Morgan fingerprint density at radius 1 is 0.850 bits per heavy atom. The molecule has 0 radical (unpaired) electrons. The van der Waals surface area contributed by atoms with Crippen molar-refractivity contribution in [2.45, 2.75) is 7.43 Å². The molecule has 9 nitrogen and oxygen atoms in total. The molecule has 0 atom stereocenters. The van der Waals surface area contributed by atoms with Crippen LogP contribution in [0.15, 0.2) is 30.3 Å². The number of aromatic nitrogens is 3. The average molecular weight is 300 g/mol. The van der Waals surface area contributed by atoms with Crippen molar-refractivity contribution in [1.29, 1.82) is 0 Å². The molecule has 2 aromatic rings.